The van der Waals surface area contributed by atoms with Crippen LogP contribution in [0.1, 0.15) is 17.5 Å². The lowest BCUT2D eigenvalue weighted by Crippen LogP contribution is -2.59. The first-order chi connectivity index (χ1) is 13.8. The van der Waals surface area contributed by atoms with Crippen LogP contribution >= 0.6 is 12.2 Å². The predicted octanol–water partition coefficient (Wildman–Crippen LogP) is 4.77. The molecule has 16 heteroatoms. The van der Waals surface area contributed by atoms with Crippen molar-refractivity contribution in [2.24, 2.45) is 0 Å². The van der Waals surface area contributed by atoms with Crippen molar-refractivity contribution in [3.63, 3.8) is 0 Å². The zero-order valence-corrected chi connectivity index (χ0v) is 15.2. The molecule has 0 bridgehead atoms. The van der Waals surface area contributed by atoms with E-state index in [1.54, 1.807) is 0 Å². The number of nitrogens with zero attached hydrogens (tertiary/aromatic N) is 2. The number of hydrogen-bond donors (Lipinski definition) is 0. The Bertz CT molecular complexity index is 889. The molecule has 2 rings (SSSR count). The van der Waals surface area contributed by atoms with E-state index in [4.69, 9.17) is 0 Å². The minimum absolute atomic E-state index is 0.00924. The molecule has 1 aliphatic rings. The monoisotopic (exact) mass is 488 g/mol. The normalized spacial score (nSPS) is 16.9. The van der Waals surface area contributed by atoms with E-state index in [0.717, 1.165) is 0 Å². The van der Waals surface area contributed by atoms with Crippen LogP contribution in [0.2, 0.25) is 0 Å². The Labute approximate surface area is 170 Å². The van der Waals surface area contributed by atoms with E-state index >= 15 is 0 Å². The summed E-state index contributed by atoms with van der Waals surface area (Å²) in [6, 6.07) is -0.285. The highest BCUT2D eigenvalue weighted by molar-refractivity contribution is 7.80. The number of carbonyl (C=O) groups excluding carboxylic acids is 2. The molecule has 1 saturated heterocycles. The summed E-state index contributed by atoms with van der Waals surface area (Å²) in [6.07, 6.45) is -18.3. The molecule has 1 aliphatic heterocycles. The van der Waals surface area contributed by atoms with E-state index in [9.17, 15) is 57.9 Å². The molecule has 0 atom stereocenters. The fourth-order valence-electron chi connectivity index (χ4n) is 2.40. The molecule has 0 spiro atoms. The number of thiocarbonyl (C=S) groups is 1. The largest absolute Gasteiger partial charge is 0.455 e. The molecule has 0 saturated carbocycles. The topological polar surface area (TPSA) is 40.6 Å². The van der Waals surface area contributed by atoms with Crippen molar-refractivity contribution in [3.8, 4) is 0 Å². The van der Waals surface area contributed by atoms with E-state index < -0.39 is 76.1 Å². The van der Waals surface area contributed by atoms with Gasteiger partial charge >= 0.3 is 24.5 Å². The first-order valence-corrected chi connectivity index (χ1v) is 8.08. The molecular weight excluding hydrogens is 481 g/mol. The zero-order chi connectivity index (χ0) is 24.2. The van der Waals surface area contributed by atoms with Crippen LogP contribution < -0.4 is 4.90 Å². The molecule has 1 fully saturated rings. The van der Waals surface area contributed by atoms with Gasteiger partial charge in [0, 0.05) is 0 Å². The number of rotatable bonds is 3. The number of anilines is 1. The van der Waals surface area contributed by atoms with Gasteiger partial charge in [0.2, 0.25) is 11.8 Å². The standard InChI is InChI=1S/C15H7F11N2O2S/c16-12(17,15(24,25)26)5-27-9(29)4-10(30)28(11(27)31)8-2-6(13(18,19)20)1-7(3-8)14(21,22)23/h1-3H,4-5H2. The third kappa shape index (κ3) is 5.04. The Morgan fingerprint density at radius 3 is 1.61 bits per heavy atom. The fraction of sp³-hybridized carbons (Fsp3) is 0.400. The highest BCUT2D eigenvalue weighted by atomic mass is 32.1. The van der Waals surface area contributed by atoms with Gasteiger partial charge in [-0.25, -0.2) is 0 Å². The predicted molar refractivity (Wildman–Crippen MR) is 83.9 cm³/mol. The van der Waals surface area contributed by atoms with Crippen molar-refractivity contribution >= 4 is 34.8 Å². The van der Waals surface area contributed by atoms with Crippen LogP contribution in [0, 0.1) is 0 Å². The summed E-state index contributed by atoms with van der Waals surface area (Å²) >= 11 is 4.50. The van der Waals surface area contributed by atoms with Gasteiger partial charge in [-0.15, -0.1) is 0 Å². The molecule has 0 aromatic heterocycles. The Kier molecular flexibility index (Phi) is 6.04. The second kappa shape index (κ2) is 7.56. The summed E-state index contributed by atoms with van der Waals surface area (Å²) in [7, 11) is 0. The summed E-state index contributed by atoms with van der Waals surface area (Å²) in [6.45, 7) is -2.43. The second-order valence-corrected chi connectivity index (χ2v) is 6.50. The lowest BCUT2D eigenvalue weighted by atomic mass is 10.1. The smallest absolute Gasteiger partial charge is 0.282 e. The number of alkyl halides is 11. The number of benzene rings is 1. The van der Waals surface area contributed by atoms with Gasteiger partial charge in [0.1, 0.15) is 13.0 Å². The lowest BCUT2D eigenvalue weighted by molar-refractivity contribution is -0.283. The fourth-order valence-corrected chi connectivity index (χ4v) is 2.78. The van der Waals surface area contributed by atoms with Crippen LogP contribution in [0.25, 0.3) is 0 Å². The van der Waals surface area contributed by atoms with Gasteiger partial charge in [0.25, 0.3) is 0 Å². The lowest BCUT2D eigenvalue weighted by Gasteiger charge is -2.37. The third-order valence-electron chi connectivity index (χ3n) is 3.88. The van der Waals surface area contributed by atoms with Crippen molar-refractivity contribution < 1.29 is 57.9 Å². The van der Waals surface area contributed by atoms with Crippen LogP contribution in [-0.2, 0) is 21.9 Å². The summed E-state index contributed by atoms with van der Waals surface area (Å²) in [5, 5.41) is -1.43. The maximum atomic E-state index is 13.3. The molecule has 0 N–H and O–H groups in total. The molecule has 0 aliphatic carbocycles. The SMILES string of the molecule is O=C1CC(=O)N(c2cc(C(F)(F)F)cc(C(F)(F)F)c2)C(=S)N1CC(F)(F)C(F)(F)F. The minimum atomic E-state index is -6.16. The van der Waals surface area contributed by atoms with Gasteiger partial charge in [-0.2, -0.15) is 48.3 Å². The van der Waals surface area contributed by atoms with Crippen LogP contribution in [0.3, 0.4) is 0 Å². The molecule has 2 amide bonds. The van der Waals surface area contributed by atoms with Crippen molar-refractivity contribution in [2.45, 2.75) is 30.9 Å². The van der Waals surface area contributed by atoms with E-state index in [2.05, 4.69) is 12.2 Å². The first-order valence-electron chi connectivity index (χ1n) is 7.67. The summed E-state index contributed by atoms with van der Waals surface area (Å²) in [5.41, 5.74) is -5.03. The molecule has 1 aromatic rings. The summed E-state index contributed by atoms with van der Waals surface area (Å²) < 4.78 is 142. The third-order valence-corrected chi connectivity index (χ3v) is 4.28. The molecule has 4 nitrogen and oxygen atoms in total. The van der Waals surface area contributed by atoms with Crippen LogP contribution in [-0.4, -0.2) is 40.5 Å². The molecule has 1 aromatic carbocycles. The number of carbonyl (C=O) groups is 2. The summed E-state index contributed by atoms with van der Waals surface area (Å²) in [5.74, 6) is -8.70. The van der Waals surface area contributed by atoms with Gasteiger partial charge in [0.15, 0.2) is 5.11 Å². The Balaban J connectivity index is 2.58. The molecule has 1 heterocycles. The number of hydrogen-bond acceptors (Lipinski definition) is 3. The van der Waals surface area contributed by atoms with Gasteiger partial charge in [-0.1, -0.05) is 0 Å². The van der Waals surface area contributed by atoms with Crippen molar-refractivity contribution in [1.29, 1.82) is 0 Å². The average Bonchev–Trinajstić information content (AvgIpc) is 2.55. The van der Waals surface area contributed by atoms with Crippen molar-refractivity contribution in [2.75, 3.05) is 11.4 Å². The maximum Gasteiger partial charge on any atom is 0.455 e. The molecule has 0 unspecified atom stereocenters. The summed E-state index contributed by atoms with van der Waals surface area (Å²) in [4.78, 5) is 23.3. The Morgan fingerprint density at radius 2 is 1.23 bits per heavy atom. The van der Waals surface area contributed by atoms with E-state index in [1.807, 2.05) is 0 Å². The van der Waals surface area contributed by atoms with Crippen LogP contribution in [0.4, 0.5) is 54.0 Å². The van der Waals surface area contributed by atoms with Gasteiger partial charge in [0.05, 0.1) is 16.8 Å². The minimum Gasteiger partial charge on any atom is -0.282 e. The van der Waals surface area contributed by atoms with Crippen molar-refractivity contribution in [3.05, 3.63) is 29.3 Å². The first kappa shape index (κ1) is 24.7. The highest BCUT2D eigenvalue weighted by Gasteiger charge is 2.59. The highest BCUT2D eigenvalue weighted by Crippen LogP contribution is 2.40. The maximum absolute atomic E-state index is 13.3. The number of amides is 2. The molecule has 0 radical (unpaired) electrons. The van der Waals surface area contributed by atoms with E-state index in [0.29, 0.717) is 0 Å². The zero-order valence-electron chi connectivity index (χ0n) is 14.4. The van der Waals surface area contributed by atoms with Gasteiger partial charge in [-0.05, 0) is 30.4 Å². The van der Waals surface area contributed by atoms with Gasteiger partial charge in [-0.3, -0.25) is 19.4 Å². The number of halogens is 11. The van der Waals surface area contributed by atoms with Crippen LogP contribution in [0.5, 0.6) is 0 Å². The Morgan fingerprint density at radius 1 is 0.774 bits per heavy atom. The molecule has 172 valence electrons. The quantitative estimate of drug-likeness (QED) is 0.350. The molecule has 31 heavy (non-hydrogen) atoms. The van der Waals surface area contributed by atoms with Gasteiger partial charge < -0.3 is 0 Å². The van der Waals surface area contributed by atoms with Crippen molar-refractivity contribution in [1.82, 2.24) is 4.90 Å². The van der Waals surface area contributed by atoms with Crippen LogP contribution in [0.15, 0.2) is 18.2 Å². The average molecular weight is 488 g/mol. The Hall–Kier alpha value is -2.52. The van der Waals surface area contributed by atoms with E-state index in [-0.39, 0.29) is 23.1 Å². The second-order valence-electron chi connectivity index (χ2n) is 6.13. The molecular formula is C15H7F11N2O2S. The van der Waals surface area contributed by atoms with E-state index in [1.165, 1.54) is 0 Å².